The van der Waals surface area contributed by atoms with Gasteiger partial charge >= 0.3 is 0 Å². The summed E-state index contributed by atoms with van der Waals surface area (Å²) in [6.45, 7) is 5.15. The number of hydrogen-bond donors (Lipinski definition) is 1. The van der Waals surface area contributed by atoms with E-state index in [1.54, 1.807) is 0 Å². The van der Waals surface area contributed by atoms with Crippen molar-refractivity contribution >= 4 is 18.3 Å². The monoisotopic (exact) mass is 249 g/mol. The fourth-order valence-corrected chi connectivity index (χ4v) is 2.11. The highest BCUT2D eigenvalue weighted by Gasteiger charge is 2.24. The molecular formula is C10H20ClN3O2. The van der Waals surface area contributed by atoms with Gasteiger partial charge in [0.05, 0.1) is 19.8 Å². The molecule has 0 unspecified atom stereocenters. The average molecular weight is 250 g/mol. The molecule has 0 aromatic rings. The van der Waals surface area contributed by atoms with Gasteiger partial charge in [0.2, 0.25) is 5.91 Å². The van der Waals surface area contributed by atoms with Crippen LogP contribution < -0.4 is 5.73 Å². The highest BCUT2D eigenvalue weighted by atomic mass is 35.5. The number of morpholine rings is 1. The quantitative estimate of drug-likeness (QED) is 0.703. The van der Waals surface area contributed by atoms with Gasteiger partial charge in [-0.1, -0.05) is 0 Å². The molecule has 2 N–H and O–H groups in total. The molecule has 2 rings (SSSR count). The molecule has 2 heterocycles. The van der Waals surface area contributed by atoms with Crippen molar-refractivity contribution < 1.29 is 9.53 Å². The maximum Gasteiger partial charge on any atom is 0.236 e. The number of likely N-dealkylation sites (tertiary alicyclic amines) is 1. The highest BCUT2D eigenvalue weighted by Crippen LogP contribution is 2.07. The van der Waals surface area contributed by atoms with Crippen molar-refractivity contribution in [2.45, 2.75) is 12.5 Å². The van der Waals surface area contributed by atoms with Crippen LogP contribution in [-0.2, 0) is 9.53 Å². The van der Waals surface area contributed by atoms with E-state index < -0.39 is 0 Å². The minimum Gasteiger partial charge on any atom is -0.378 e. The van der Waals surface area contributed by atoms with E-state index in [0.29, 0.717) is 19.8 Å². The van der Waals surface area contributed by atoms with Crippen molar-refractivity contribution in [3.05, 3.63) is 0 Å². The van der Waals surface area contributed by atoms with Crippen LogP contribution in [0, 0.1) is 0 Å². The lowest BCUT2D eigenvalue weighted by Gasteiger charge is -2.28. The minimum atomic E-state index is 0. The van der Waals surface area contributed by atoms with E-state index in [1.807, 2.05) is 4.90 Å². The molecule has 2 aliphatic heterocycles. The third-order valence-electron chi connectivity index (χ3n) is 3.03. The van der Waals surface area contributed by atoms with Gasteiger partial charge in [-0.3, -0.25) is 9.69 Å². The number of amides is 1. The Labute approximate surface area is 102 Å². The second kappa shape index (κ2) is 6.39. The van der Waals surface area contributed by atoms with Gasteiger partial charge in [0.15, 0.2) is 0 Å². The molecule has 0 aromatic heterocycles. The van der Waals surface area contributed by atoms with E-state index in [2.05, 4.69) is 4.90 Å². The zero-order chi connectivity index (χ0) is 10.7. The number of nitrogens with two attached hydrogens (primary N) is 1. The summed E-state index contributed by atoms with van der Waals surface area (Å²) in [5, 5.41) is 0. The first kappa shape index (κ1) is 13.7. The topological polar surface area (TPSA) is 58.8 Å². The Morgan fingerprint density at radius 2 is 2.00 bits per heavy atom. The summed E-state index contributed by atoms with van der Waals surface area (Å²) in [6, 6.07) is 0.252. The van der Waals surface area contributed by atoms with Crippen molar-refractivity contribution in [3.63, 3.8) is 0 Å². The molecule has 0 aromatic carbocycles. The second-order valence-corrected chi connectivity index (χ2v) is 4.28. The van der Waals surface area contributed by atoms with Crippen LogP contribution in [0.1, 0.15) is 6.42 Å². The van der Waals surface area contributed by atoms with E-state index in [1.165, 1.54) is 0 Å². The first-order chi connectivity index (χ1) is 7.25. The smallest absolute Gasteiger partial charge is 0.236 e. The lowest BCUT2D eigenvalue weighted by molar-refractivity contribution is -0.136. The molecule has 0 spiro atoms. The standard InChI is InChI=1S/C10H19N3O2.ClH/c11-9-1-2-12(7-9)8-10(14)13-3-5-15-6-4-13;/h9H,1-8,11H2;1H/t9-;/m1./s1. The van der Waals surface area contributed by atoms with Gasteiger partial charge in [0.1, 0.15) is 0 Å². The van der Waals surface area contributed by atoms with Gasteiger partial charge in [-0.25, -0.2) is 0 Å². The minimum absolute atomic E-state index is 0. The van der Waals surface area contributed by atoms with Crippen molar-refractivity contribution in [1.29, 1.82) is 0 Å². The molecule has 94 valence electrons. The number of ether oxygens (including phenoxy) is 1. The Balaban J connectivity index is 0.00000128. The van der Waals surface area contributed by atoms with Gasteiger partial charge in [-0.05, 0) is 6.42 Å². The third-order valence-corrected chi connectivity index (χ3v) is 3.03. The Kier molecular flexibility index (Phi) is 5.48. The molecule has 6 heteroatoms. The molecule has 2 fully saturated rings. The first-order valence-corrected chi connectivity index (χ1v) is 5.59. The van der Waals surface area contributed by atoms with Crippen LogP contribution in [0.15, 0.2) is 0 Å². The predicted octanol–water partition coefficient (Wildman–Crippen LogP) is -0.700. The number of carbonyl (C=O) groups is 1. The third kappa shape index (κ3) is 3.59. The summed E-state index contributed by atoms with van der Waals surface area (Å²) in [4.78, 5) is 15.9. The molecule has 2 saturated heterocycles. The summed E-state index contributed by atoms with van der Waals surface area (Å²) < 4.78 is 5.21. The van der Waals surface area contributed by atoms with Gasteiger partial charge in [0, 0.05) is 32.2 Å². The van der Waals surface area contributed by atoms with Gasteiger partial charge in [0.25, 0.3) is 0 Å². The Morgan fingerprint density at radius 3 is 2.56 bits per heavy atom. The maximum atomic E-state index is 11.8. The van der Waals surface area contributed by atoms with Crippen LogP contribution in [0.25, 0.3) is 0 Å². The molecule has 0 saturated carbocycles. The van der Waals surface area contributed by atoms with Crippen LogP contribution in [-0.4, -0.2) is 67.7 Å². The van der Waals surface area contributed by atoms with Crippen LogP contribution >= 0.6 is 12.4 Å². The normalized spacial score (nSPS) is 26.6. The van der Waals surface area contributed by atoms with E-state index in [9.17, 15) is 4.79 Å². The summed E-state index contributed by atoms with van der Waals surface area (Å²) >= 11 is 0. The molecule has 0 aliphatic carbocycles. The lowest BCUT2D eigenvalue weighted by atomic mass is 10.3. The predicted molar refractivity (Wildman–Crippen MR) is 63.7 cm³/mol. The summed E-state index contributed by atoms with van der Waals surface area (Å²) in [6.07, 6.45) is 1.01. The Morgan fingerprint density at radius 1 is 1.31 bits per heavy atom. The summed E-state index contributed by atoms with van der Waals surface area (Å²) in [5.74, 6) is 0.215. The van der Waals surface area contributed by atoms with Crippen LogP contribution in [0.3, 0.4) is 0 Å². The lowest BCUT2D eigenvalue weighted by Crippen LogP contribution is -2.45. The van der Waals surface area contributed by atoms with Gasteiger partial charge in [-0.15, -0.1) is 12.4 Å². The fourth-order valence-electron chi connectivity index (χ4n) is 2.11. The second-order valence-electron chi connectivity index (χ2n) is 4.28. The van der Waals surface area contributed by atoms with E-state index in [-0.39, 0.29) is 24.4 Å². The number of hydrogen-bond acceptors (Lipinski definition) is 4. The summed E-state index contributed by atoms with van der Waals surface area (Å²) in [7, 11) is 0. The van der Waals surface area contributed by atoms with Gasteiger partial charge in [-0.2, -0.15) is 0 Å². The summed E-state index contributed by atoms with van der Waals surface area (Å²) in [5.41, 5.74) is 5.79. The zero-order valence-corrected chi connectivity index (χ0v) is 10.2. The number of halogens is 1. The highest BCUT2D eigenvalue weighted by molar-refractivity contribution is 5.85. The fraction of sp³-hybridized carbons (Fsp3) is 0.900. The molecule has 0 bridgehead atoms. The van der Waals surface area contributed by atoms with Crippen molar-refractivity contribution in [3.8, 4) is 0 Å². The van der Waals surface area contributed by atoms with Crippen molar-refractivity contribution in [2.24, 2.45) is 5.73 Å². The number of nitrogens with zero attached hydrogens (tertiary/aromatic N) is 2. The van der Waals surface area contributed by atoms with Gasteiger partial charge < -0.3 is 15.4 Å². The molecule has 5 nitrogen and oxygen atoms in total. The average Bonchev–Trinajstić information content (AvgIpc) is 2.65. The largest absolute Gasteiger partial charge is 0.378 e. The molecule has 1 amide bonds. The number of carbonyl (C=O) groups excluding carboxylic acids is 1. The van der Waals surface area contributed by atoms with E-state index in [4.69, 9.17) is 10.5 Å². The zero-order valence-electron chi connectivity index (χ0n) is 9.43. The molecule has 2 aliphatic rings. The van der Waals surface area contributed by atoms with Crippen LogP contribution in [0.4, 0.5) is 0 Å². The molecule has 1 atom stereocenters. The first-order valence-electron chi connectivity index (χ1n) is 5.59. The van der Waals surface area contributed by atoms with E-state index in [0.717, 1.165) is 32.6 Å². The van der Waals surface area contributed by atoms with Crippen LogP contribution in [0.5, 0.6) is 0 Å². The molecule has 16 heavy (non-hydrogen) atoms. The maximum absolute atomic E-state index is 11.8. The number of rotatable bonds is 2. The van der Waals surface area contributed by atoms with Crippen molar-refractivity contribution in [2.75, 3.05) is 45.9 Å². The van der Waals surface area contributed by atoms with E-state index >= 15 is 0 Å². The Hall–Kier alpha value is -0.360. The molecule has 0 radical (unpaired) electrons. The van der Waals surface area contributed by atoms with Crippen LogP contribution in [0.2, 0.25) is 0 Å². The van der Waals surface area contributed by atoms with Crippen molar-refractivity contribution in [1.82, 2.24) is 9.80 Å². The molecular weight excluding hydrogens is 230 g/mol. The Bertz CT molecular complexity index is 234. The SMILES string of the molecule is Cl.N[C@@H]1CCN(CC(=O)N2CCOCC2)C1.